The van der Waals surface area contributed by atoms with Crippen molar-refractivity contribution in [3.05, 3.63) is 41.9 Å². The van der Waals surface area contributed by atoms with E-state index in [1.165, 1.54) is 0 Å². The largest absolute Gasteiger partial charge is 0.497 e. The zero-order valence-corrected chi connectivity index (χ0v) is 14.5. The molecule has 0 saturated heterocycles. The number of aryl methyl sites for hydroxylation is 1. The van der Waals surface area contributed by atoms with Crippen LogP contribution in [0.5, 0.6) is 5.75 Å². The zero-order valence-electron chi connectivity index (χ0n) is 14.5. The van der Waals surface area contributed by atoms with E-state index in [0.717, 1.165) is 18.0 Å². The minimum absolute atomic E-state index is 0.212. The van der Waals surface area contributed by atoms with E-state index in [4.69, 9.17) is 4.74 Å². The third kappa shape index (κ3) is 5.20. The van der Waals surface area contributed by atoms with Crippen LogP contribution in [0.3, 0.4) is 0 Å². The van der Waals surface area contributed by atoms with Gasteiger partial charge in [-0.15, -0.1) is 0 Å². The number of likely N-dealkylation sites (N-methyl/N-ethyl adjacent to an activating group) is 1. The molecular formula is C17H23N5O2. The normalized spacial score (nSPS) is 10.5. The number of methoxy groups -OCH3 is 1. The minimum Gasteiger partial charge on any atom is -0.497 e. The summed E-state index contributed by atoms with van der Waals surface area (Å²) in [6, 6.07) is 9.13. The van der Waals surface area contributed by atoms with Gasteiger partial charge in [-0.1, -0.05) is 6.07 Å². The monoisotopic (exact) mass is 329 g/mol. The molecule has 2 rings (SSSR count). The summed E-state index contributed by atoms with van der Waals surface area (Å²) in [6.07, 6.45) is 0. The van der Waals surface area contributed by atoms with Gasteiger partial charge in [0.15, 0.2) is 0 Å². The number of anilines is 2. The summed E-state index contributed by atoms with van der Waals surface area (Å²) < 4.78 is 5.20. The zero-order chi connectivity index (χ0) is 17.5. The summed E-state index contributed by atoms with van der Waals surface area (Å²) in [5, 5.41) is 6.02. The molecule has 0 unspecified atom stereocenters. The first kappa shape index (κ1) is 17.7. The first-order chi connectivity index (χ1) is 11.5. The Kier molecular flexibility index (Phi) is 6.08. The smallest absolute Gasteiger partial charge is 0.270 e. The van der Waals surface area contributed by atoms with Crippen molar-refractivity contribution in [2.45, 2.75) is 6.92 Å². The fraction of sp³-hybridized carbons (Fsp3) is 0.353. The van der Waals surface area contributed by atoms with Gasteiger partial charge in [-0.3, -0.25) is 4.79 Å². The second-order valence-corrected chi connectivity index (χ2v) is 5.60. The number of carbonyl (C=O) groups is 1. The predicted octanol–water partition coefficient (Wildman–Crippen LogP) is 1.83. The van der Waals surface area contributed by atoms with Gasteiger partial charge in [0.25, 0.3) is 5.91 Å². The molecule has 7 nitrogen and oxygen atoms in total. The van der Waals surface area contributed by atoms with Gasteiger partial charge >= 0.3 is 0 Å². The van der Waals surface area contributed by atoms with Crippen molar-refractivity contribution >= 4 is 17.4 Å². The Labute approximate surface area is 142 Å². The summed E-state index contributed by atoms with van der Waals surface area (Å²) >= 11 is 0. The molecule has 128 valence electrons. The average molecular weight is 329 g/mol. The number of ether oxygens (including phenoxy) is 1. The lowest BCUT2D eigenvalue weighted by Crippen LogP contribution is -2.32. The van der Waals surface area contributed by atoms with E-state index in [1.54, 1.807) is 20.1 Å². The summed E-state index contributed by atoms with van der Waals surface area (Å²) in [7, 11) is 5.53. The molecule has 0 bridgehead atoms. The molecule has 1 amide bonds. The summed E-state index contributed by atoms with van der Waals surface area (Å²) in [4.78, 5) is 22.7. The van der Waals surface area contributed by atoms with Gasteiger partial charge in [0.2, 0.25) is 0 Å². The van der Waals surface area contributed by atoms with Gasteiger partial charge in [-0.25, -0.2) is 9.97 Å². The van der Waals surface area contributed by atoms with Gasteiger partial charge in [0.1, 0.15) is 23.1 Å². The highest BCUT2D eigenvalue weighted by Crippen LogP contribution is 2.20. The molecule has 0 atom stereocenters. The first-order valence-electron chi connectivity index (χ1n) is 7.67. The standard InChI is InChI=1S/C17H23N5O2/c1-12-19-15(17(23)18-8-9-22(2)3)11-16(20-12)21-13-6-5-7-14(10-13)24-4/h5-7,10-11H,8-9H2,1-4H3,(H,18,23)(H,19,20,21). The maximum atomic E-state index is 12.2. The number of nitrogens with zero attached hydrogens (tertiary/aromatic N) is 3. The van der Waals surface area contributed by atoms with Crippen LogP contribution in [0.1, 0.15) is 16.3 Å². The third-order valence-electron chi connectivity index (χ3n) is 3.26. The topological polar surface area (TPSA) is 79.4 Å². The molecule has 0 aliphatic carbocycles. The van der Waals surface area contributed by atoms with Crippen molar-refractivity contribution in [2.75, 3.05) is 39.6 Å². The molecule has 0 fully saturated rings. The fourth-order valence-electron chi connectivity index (χ4n) is 2.08. The Bertz CT molecular complexity index is 703. The van der Waals surface area contributed by atoms with Gasteiger partial charge in [0, 0.05) is 30.9 Å². The fourth-order valence-corrected chi connectivity index (χ4v) is 2.08. The molecular weight excluding hydrogens is 306 g/mol. The first-order valence-corrected chi connectivity index (χ1v) is 7.67. The summed E-state index contributed by atoms with van der Waals surface area (Å²) in [5.41, 5.74) is 1.16. The second-order valence-electron chi connectivity index (χ2n) is 5.60. The van der Waals surface area contributed by atoms with Crippen LogP contribution in [0.25, 0.3) is 0 Å². The van der Waals surface area contributed by atoms with Gasteiger partial charge in [-0.2, -0.15) is 0 Å². The van der Waals surface area contributed by atoms with Crippen molar-refractivity contribution in [1.29, 1.82) is 0 Å². The van der Waals surface area contributed by atoms with Gasteiger partial charge < -0.3 is 20.3 Å². The van der Waals surface area contributed by atoms with E-state index >= 15 is 0 Å². The van der Waals surface area contributed by atoms with Crippen LogP contribution in [0.15, 0.2) is 30.3 Å². The molecule has 1 heterocycles. The number of aromatic nitrogens is 2. The van der Waals surface area contributed by atoms with E-state index in [1.807, 2.05) is 43.3 Å². The lowest BCUT2D eigenvalue weighted by Gasteiger charge is -2.11. The minimum atomic E-state index is -0.212. The Morgan fingerprint density at radius 2 is 2.04 bits per heavy atom. The lowest BCUT2D eigenvalue weighted by atomic mass is 10.3. The predicted molar refractivity (Wildman–Crippen MR) is 93.9 cm³/mol. The molecule has 1 aromatic heterocycles. The quantitative estimate of drug-likeness (QED) is 0.807. The van der Waals surface area contributed by atoms with E-state index in [2.05, 4.69) is 20.6 Å². The maximum absolute atomic E-state index is 12.2. The van der Waals surface area contributed by atoms with Crippen molar-refractivity contribution in [2.24, 2.45) is 0 Å². The number of rotatable bonds is 7. The van der Waals surface area contributed by atoms with Gasteiger partial charge in [-0.05, 0) is 33.2 Å². The van der Waals surface area contributed by atoms with Crippen LogP contribution in [0.2, 0.25) is 0 Å². The number of nitrogens with one attached hydrogen (secondary N) is 2. The molecule has 0 radical (unpaired) electrons. The van der Waals surface area contributed by atoms with Crippen molar-refractivity contribution in [3.8, 4) is 5.75 Å². The molecule has 0 spiro atoms. The van der Waals surface area contributed by atoms with E-state index in [-0.39, 0.29) is 5.91 Å². The number of benzene rings is 1. The molecule has 0 aliphatic heterocycles. The van der Waals surface area contributed by atoms with Crippen molar-refractivity contribution in [3.63, 3.8) is 0 Å². The van der Waals surface area contributed by atoms with Crippen LogP contribution in [0.4, 0.5) is 11.5 Å². The van der Waals surface area contributed by atoms with Gasteiger partial charge in [0.05, 0.1) is 7.11 Å². The van der Waals surface area contributed by atoms with Crippen LogP contribution in [-0.2, 0) is 0 Å². The number of amides is 1. The number of hydrogen-bond acceptors (Lipinski definition) is 6. The third-order valence-corrected chi connectivity index (χ3v) is 3.26. The van der Waals surface area contributed by atoms with Crippen LogP contribution < -0.4 is 15.4 Å². The Morgan fingerprint density at radius 1 is 1.25 bits per heavy atom. The highest BCUT2D eigenvalue weighted by molar-refractivity contribution is 5.93. The van der Waals surface area contributed by atoms with Crippen LogP contribution in [-0.4, -0.2) is 55.1 Å². The second kappa shape index (κ2) is 8.26. The SMILES string of the molecule is COc1cccc(Nc2cc(C(=O)NCCN(C)C)nc(C)n2)c1. The highest BCUT2D eigenvalue weighted by Gasteiger charge is 2.10. The Morgan fingerprint density at radius 3 is 2.75 bits per heavy atom. The molecule has 24 heavy (non-hydrogen) atoms. The molecule has 2 aromatic rings. The molecule has 2 N–H and O–H groups in total. The number of carbonyl (C=O) groups excluding carboxylic acids is 1. The van der Waals surface area contributed by atoms with E-state index in [0.29, 0.717) is 23.9 Å². The van der Waals surface area contributed by atoms with Crippen LogP contribution >= 0.6 is 0 Å². The molecule has 0 saturated carbocycles. The van der Waals surface area contributed by atoms with E-state index in [9.17, 15) is 4.79 Å². The molecule has 7 heteroatoms. The lowest BCUT2D eigenvalue weighted by molar-refractivity contribution is 0.0945. The summed E-state index contributed by atoms with van der Waals surface area (Å²) in [6.45, 7) is 3.09. The van der Waals surface area contributed by atoms with Crippen LogP contribution in [0, 0.1) is 6.92 Å². The van der Waals surface area contributed by atoms with E-state index < -0.39 is 0 Å². The average Bonchev–Trinajstić information content (AvgIpc) is 2.54. The number of hydrogen-bond donors (Lipinski definition) is 2. The molecule has 0 aliphatic rings. The van der Waals surface area contributed by atoms with Crippen molar-refractivity contribution < 1.29 is 9.53 Å². The molecule has 1 aromatic carbocycles. The van der Waals surface area contributed by atoms with Crippen molar-refractivity contribution in [1.82, 2.24) is 20.2 Å². The Hall–Kier alpha value is -2.67. The summed E-state index contributed by atoms with van der Waals surface area (Å²) in [5.74, 6) is 1.62. The Balaban J connectivity index is 2.11. The highest BCUT2D eigenvalue weighted by atomic mass is 16.5. The maximum Gasteiger partial charge on any atom is 0.270 e.